The van der Waals surface area contributed by atoms with Crippen LogP contribution in [-0.4, -0.2) is 57.5 Å². The van der Waals surface area contributed by atoms with Crippen LogP contribution < -0.4 is 5.32 Å². The van der Waals surface area contributed by atoms with Crippen LogP contribution in [0.3, 0.4) is 0 Å². The maximum Gasteiger partial charge on any atom is 0.243 e. The van der Waals surface area contributed by atoms with Gasteiger partial charge in [-0.05, 0) is 67.6 Å². The number of nitrogens with zero attached hydrogens (tertiary/aromatic N) is 2. The first-order chi connectivity index (χ1) is 17.1. The zero-order valence-electron chi connectivity index (χ0n) is 20.1. The Hall–Kier alpha value is -1.98. The summed E-state index contributed by atoms with van der Waals surface area (Å²) in [5, 5.41) is 3.34. The first kappa shape index (κ1) is 27.1. The highest BCUT2D eigenvalue weighted by Crippen LogP contribution is 2.25. The van der Waals surface area contributed by atoms with E-state index in [1.54, 1.807) is 40.7 Å². The summed E-state index contributed by atoms with van der Waals surface area (Å²) in [7, 11) is -7.05. The predicted octanol–water partition coefficient (Wildman–Crippen LogP) is 4.09. The molecule has 1 N–H and O–H groups in total. The van der Waals surface area contributed by atoms with Crippen molar-refractivity contribution in [1.29, 1.82) is 0 Å². The van der Waals surface area contributed by atoms with Crippen LogP contribution in [0.2, 0.25) is 5.02 Å². The van der Waals surface area contributed by atoms with Gasteiger partial charge in [-0.25, -0.2) is 21.1 Å². The highest BCUT2D eigenvalue weighted by atomic mass is 35.5. The largest absolute Gasteiger partial charge is 0.326 e. The van der Waals surface area contributed by atoms with Crippen LogP contribution >= 0.6 is 11.6 Å². The quantitative estimate of drug-likeness (QED) is 0.556. The molecule has 2 saturated heterocycles. The number of anilines is 1. The van der Waals surface area contributed by atoms with Gasteiger partial charge in [0.25, 0.3) is 0 Å². The van der Waals surface area contributed by atoms with Crippen molar-refractivity contribution in [2.24, 2.45) is 5.92 Å². The van der Waals surface area contributed by atoms with Crippen LogP contribution in [0.5, 0.6) is 0 Å². The Labute approximate surface area is 218 Å². The van der Waals surface area contributed by atoms with E-state index >= 15 is 0 Å². The van der Waals surface area contributed by atoms with Gasteiger partial charge in [0.2, 0.25) is 26.0 Å². The Morgan fingerprint density at radius 3 is 2.11 bits per heavy atom. The summed E-state index contributed by atoms with van der Waals surface area (Å²) >= 11 is 5.97. The molecule has 36 heavy (non-hydrogen) atoms. The molecule has 2 fully saturated rings. The number of rotatable bonds is 7. The fourth-order valence-electron chi connectivity index (χ4n) is 4.71. The molecule has 2 aromatic carbocycles. The van der Waals surface area contributed by atoms with E-state index < -0.39 is 20.0 Å². The van der Waals surface area contributed by atoms with Gasteiger partial charge >= 0.3 is 0 Å². The summed E-state index contributed by atoms with van der Waals surface area (Å²) in [6.07, 6.45) is 4.67. The van der Waals surface area contributed by atoms with E-state index in [0.29, 0.717) is 42.2 Å². The van der Waals surface area contributed by atoms with Crippen molar-refractivity contribution in [3.63, 3.8) is 0 Å². The second-order valence-electron chi connectivity index (χ2n) is 9.39. The van der Waals surface area contributed by atoms with Gasteiger partial charge in [0.05, 0.1) is 10.6 Å². The lowest BCUT2D eigenvalue weighted by Gasteiger charge is -2.30. The lowest BCUT2D eigenvalue weighted by atomic mass is 9.97. The van der Waals surface area contributed by atoms with Gasteiger partial charge in [0, 0.05) is 42.8 Å². The highest BCUT2D eigenvalue weighted by molar-refractivity contribution is 7.89. The average molecular weight is 554 g/mol. The summed E-state index contributed by atoms with van der Waals surface area (Å²) in [6, 6.07) is 13.1. The molecule has 1 amide bonds. The molecule has 0 unspecified atom stereocenters. The lowest BCUT2D eigenvalue weighted by molar-refractivity contribution is -0.120. The zero-order valence-corrected chi connectivity index (χ0v) is 22.5. The van der Waals surface area contributed by atoms with Crippen LogP contribution in [0.25, 0.3) is 0 Å². The number of piperidine rings is 1. The number of nitrogens with one attached hydrogen (secondary N) is 1. The fraction of sp³-hybridized carbons (Fsp3) is 0.480. The molecule has 0 bridgehead atoms. The second kappa shape index (κ2) is 11.6. The Balaban J connectivity index is 1.31. The molecular formula is C25H32ClN3O5S2. The van der Waals surface area contributed by atoms with E-state index in [0.717, 1.165) is 25.7 Å². The molecular weight excluding hydrogens is 522 g/mol. The second-order valence-corrected chi connectivity index (χ2v) is 13.7. The van der Waals surface area contributed by atoms with Gasteiger partial charge in [0.1, 0.15) is 0 Å². The zero-order chi connectivity index (χ0) is 25.8. The van der Waals surface area contributed by atoms with Crippen LogP contribution in [0.15, 0.2) is 53.4 Å². The number of halogens is 1. The Morgan fingerprint density at radius 1 is 0.861 bits per heavy atom. The third-order valence-corrected chi connectivity index (χ3v) is 10.8. The molecule has 2 aliphatic rings. The molecule has 8 nitrogen and oxygen atoms in total. The van der Waals surface area contributed by atoms with Crippen molar-refractivity contribution in [2.45, 2.75) is 49.2 Å². The fourth-order valence-corrected chi connectivity index (χ4v) is 7.99. The third kappa shape index (κ3) is 6.66. The molecule has 196 valence electrons. The van der Waals surface area contributed by atoms with E-state index in [1.165, 1.54) is 16.4 Å². The number of hydrogen-bond acceptors (Lipinski definition) is 5. The molecule has 2 aliphatic heterocycles. The van der Waals surface area contributed by atoms with Crippen LogP contribution in [0.1, 0.15) is 44.1 Å². The van der Waals surface area contributed by atoms with Gasteiger partial charge in [-0.1, -0.05) is 36.6 Å². The van der Waals surface area contributed by atoms with Gasteiger partial charge in [-0.3, -0.25) is 4.79 Å². The van der Waals surface area contributed by atoms with E-state index in [9.17, 15) is 21.6 Å². The molecule has 4 rings (SSSR count). The van der Waals surface area contributed by atoms with E-state index in [-0.39, 0.29) is 35.6 Å². The minimum absolute atomic E-state index is 0.128. The molecule has 0 aromatic heterocycles. The summed E-state index contributed by atoms with van der Waals surface area (Å²) in [5.41, 5.74) is 1.15. The normalized spacial score (nSPS) is 19.0. The van der Waals surface area contributed by atoms with Crippen molar-refractivity contribution in [2.75, 3.05) is 31.5 Å². The van der Waals surface area contributed by atoms with Crippen molar-refractivity contribution in [1.82, 2.24) is 8.61 Å². The summed E-state index contributed by atoms with van der Waals surface area (Å²) in [5.74, 6) is -0.634. The number of carbonyl (C=O) groups excluding carboxylic acids is 1. The lowest BCUT2D eigenvalue weighted by Crippen LogP contribution is -2.41. The monoisotopic (exact) mass is 553 g/mol. The van der Waals surface area contributed by atoms with E-state index in [4.69, 9.17) is 11.6 Å². The smallest absolute Gasteiger partial charge is 0.243 e. The van der Waals surface area contributed by atoms with Crippen molar-refractivity contribution < 1.29 is 21.6 Å². The van der Waals surface area contributed by atoms with Gasteiger partial charge in [-0.2, -0.15) is 4.31 Å². The van der Waals surface area contributed by atoms with E-state index in [1.807, 2.05) is 0 Å². The van der Waals surface area contributed by atoms with Gasteiger partial charge in [-0.15, -0.1) is 0 Å². The minimum atomic E-state index is -3.55. The Morgan fingerprint density at radius 2 is 1.50 bits per heavy atom. The maximum atomic E-state index is 12.9. The average Bonchev–Trinajstić information content (AvgIpc) is 3.15. The van der Waals surface area contributed by atoms with E-state index in [2.05, 4.69) is 5.32 Å². The summed E-state index contributed by atoms with van der Waals surface area (Å²) < 4.78 is 54.5. The van der Waals surface area contributed by atoms with Crippen molar-refractivity contribution in [3.05, 3.63) is 59.1 Å². The highest BCUT2D eigenvalue weighted by Gasteiger charge is 2.31. The van der Waals surface area contributed by atoms with Gasteiger partial charge < -0.3 is 5.32 Å². The van der Waals surface area contributed by atoms with Gasteiger partial charge in [0.15, 0.2) is 0 Å². The Bertz CT molecular complexity index is 1270. The predicted molar refractivity (Wildman–Crippen MR) is 141 cm³/mol. The topological polar surface area (TPSA) is 104 Å². The molecule has 11 heteroatoms. The number of sulfonamides is 2. The summed E-state index contributed by atoms with van der Waals surface area (Å²) in [6.45, 7) is 1.62. The number of amides is 1. The minimum Gasteiger partial charge on any atom is -0.326 e. The van der Waals surface area contributed by atoms with Crippen LogP contribution in [0.4, 0.5) is 5.69 Å². The van der Waals surface area contributed by atoms with Crippen molar-refractivity contribution >= 4 is 43.2 Å². The maximum absolute atomic E-state index is 12.9. The molecule has 0 radical (unpaired) electrons. The Kier molecular flexibility index (Phi) is 8.72. The third-order valence-electron chi connectivity index (χ3n) is 6.78. The number of hydrogen-bond donors (Lipinski definition) is 1. The van der Waals surface area contributed by atoms with Crippen LogP contribution in [-0.2, 0) is 30.6 Å². The molecule has 2 aromatic rings. The number of carbonyl (C=O) groups is 1. The first-order valence-corrected chi connectivity index (χ1v) is 15.7. The summed E-state index contributed by atoms with van der Waals surface area (Å²) in [4.78, 5) is 13.0. The molecule has 0 spiro atoms. The molecule has 0 saturated carbocycles. The molecule has 0 atom stereocenters. The molecule has 0 aliphatic carbocycles. The number of benzene rings is 2. The first-order valence-electron chi connectivity index (χ1n) is 12.3. The van der Waals surface area contributed by atoms with Crippen molar-refractivity contribution in [3.8, 4) is 0 Å². The van der Waals surface area contributed by atoms with Crippen LogP contribution in [0, 0.1) is 5.92 Å². The molecule has 2 heterocycles. The SMILES string of the molecule is O=C(Nc1ccc(S(=O)(=O)N2CCCCCC2)cc1)C1CCN(S(=O)(=O)Cc2cccc(Cl)c2)CC1. The standard InChI is InChI=1S/C25H32ClN3O5S2/c26-22-7-5-6-20(18-22)19-35(31,32)28-16-12-21(13-17-28)25(30)27-23-8-10-24(11-9-23)36(33,34)29-14-3-1-2-4-15-29/h5-11,18,21H,1-4,12-17,19H2,(H,27,30).